The van der Waals surface area contributed by atoms with Gasteiger partial charge in [-0.05, 0) is 13.0 Å². The maximum absolute atomic E-state index is 11.6. The SMILES string of the molecule is CC(=O)c1cccc(C(=O)C(C)C)c1.FI. The van der Waals surface area contributed by atoms with Gasteiger partial charge in [0.1, 0.15) is 0 Å². The van der Waals surface area contributed by atoms with Gasteiger partial charge in [0.05, 0.1) is 0 Å². The Hall–Kier alpha value is -0.780. The van der Waals surface area contributed by atoms with E-state index in [2.05, 4.69) is 0 Å². The van der Waals surface area contributed by atoms with Crippen molar-refractivity contribution in [2.75, 3.05) is 0 Å². The smallest absolute Gasteiger partial charge is 0.171 e. The molecule has 0 aliphatic carbocycles. The first-order valence-corrected chi connectivity index (χ1v) is 5.63. The van der Waals surface area contributed by atoms with Crippen LogP contribution >= 0.6 is 23.2 Å². The average molecular weight is 336 g/mol. The van der Waals surface area contributed by atoms with E-state index in [1.807, 2.05) is 13.8 Å². The molecule has 0 fully saturated rings. The van der Waals surface area contributed by atoms with Gasteiger partial charge in [0.15, 0.2) is 34.7 Å². The predicted octanol–water partition coefficient (Wildman–Crippen LogP) is 4.03. The Balaban J connectivity index is 0.00000106. The van der Waals surface area contributed by atoms with Crippen molar-refractivity contribution in [3.8, 4) is 0 Å². The Bertz CT molecular complexity index is 375. The van der Waals surface area contributed by atoms with E-state index in [0.717, 1.165) is 0 Å². The van der Waals surface area contributed by atoms with Crippen LogP contribution in [0.5, 0.6) is 0 Å². The number of hydrogen-bond acceptors (Lipinski definition) is 2. The fourth-order valence-corrected chi connectivity index (χ4v) is 1.22. The van der Waals surface area contributed by atoms with Gasteiger partial charge in [-0.3, -0.25) is 9.59 Å². The number of halogens is 2. The summed E-state index contributed by atoms with van der Waals surface area (Å²) in [6.07, 6.45) is 0. The van der Waals surface area contributed by atoms with Crippen LogP contribution in [0.2, 0.25) is 0 Å². The molecule has 0 amide bonds. The third kappa shape index (κ3) is 4.38. The average Bonchev–Trinajstić information content (AvgIpc) is 2.30. The summed E-state index contributed by atoms with van der Waals surface area (Å²) in [7, 11) is 0. The number of rotatable bonds is 3. The molecule has 0 heterocycles. The first-order chi connectivity index (χ1) is 7.52. The zero-order chi connectivity index (χ0) is 12.7. The molecule has 0 aromatic heterocycles. The van der Waals surface area contributed by atoms with E-state index in [1.54, 1.807) is 24.3 Å². The fourth-order valence-electron chi connectivity index (χ4n) is 1.22. The summed E-state index contributed by atoms with van der Waals surface area (Å²) >= 11 is 0.650. The molecular weight excluding hydrogens is 322 g/mol. The summed E-state index contributed by atoms with van der Waals surface area (Å²) in [6.45, 7) is 5.20. The first kappa shape index (κ1) is 15.2. The zero-order valence-electron chi connectivity index (χ0n) is 9.46. The lowest BCUT2D eigenvalue weighted by molar-refractivity contribution is 0.0939. The summed E-state index contributed by atoms with van der Waals surface area (Å²) in [5.41, 5.74) is 1.21. The van der Waals surface area contributed by atoms with Crippen molar-refractivity contribution in [3.05, 3.63) is 35.4 Å². The first-order valence-electron chi connectivity index (χ1n) is 4.82. The van der Waals surface area contributed by atoms with Crippen LogP contribution in [-0.4, -0.2) is 11.6 Å². The van der Waals surface area contributed by atoms with Gasteiger partial charge in [-0.2, -0.15) is 2.86 Å². The van der Waals surface area contributed by atoms with Gasteiger partial charge >= 0.3 is 0 Å². The lowest BCUT2D eigenvalue weighted by Gasteiger charge is -2.04. The molecule has 1 rings (SSSR count). The number of Topliss-reactive ketones (excluding diaryl/α,β-unsaturated/α-hetero) is 2. The maximum Gasteiger partial charge on any atom is 0.171 e. The number of benzene rings is 1. The topological polar surface area (TPSA) is 34.1 Å². The molecule has 0 unspecified atom stereocenters. The third-order valence-corrected chi connectivity index (χ3v) is 2.08. The summed E-state index contributed by atoms with van der Waals surface area (Å²) < 4.78 is 9.47. The largest absolute Gasteiger partial charge is 0.295 e. The summed E-state index contributed by atoms with van der Waals surface area (Å²) in [5.74, 6) is 0.0358. The predicted molar refractivity (Wildman–Crippen MR) is 70.7 cm³/mol. The number of carbonyl (C=O) groups excluding carboxylic acids is 2. The lowest BCUT2D eigenvalue weighted by Crippen LogP contribution is -2.08. The molecule has 1 aromatic carbocycles. The van der Waals surface area contributed by atoms with Crippen LogP contribution in [0.3, 0.4) is 0 Å². The minimum atomic E-state index is -0.0304. The standard InChI is InChI=1S/C12H14O2.FI/c1-8(2)12(14)11-6-4-5-10(7-11)9(3)13;1-2/h4-8H,1-3H3;. The van der Waals surface area contributed by atoms with Crippen molar-refractivity contribution in [3.63, 3.8) is 0 Å². The Kier molecular flexibility index (Phi) is 7.12. The van der Waals surface area contributed by atoms with Crippen LogP contribution in [-0.2, 0) is 0 Å². The van der Waals surface area contributed by atoms with Gasteiger partial charge in [0.2, 0.25) is 0 Å². The molecular formula is C12H14FIO2. The molecule has 1 aromatic rings. The molecule has 0 bridgehead atoms. The van der Waals surface area contributed by atoms with Gasteiger partial charge in [-0.15, -0.1) is 0 Å². The molecule has 0 saturated carbocycles. The molecule has 4 heteroatoms. The van der Waals surface area contributed by atoms with Crippen molar-refractivity contribution in [2.45, 2.75) is 20.8 Å². The maximum atomic E-state index is 11.6. The number of ketones is 2. The molecule has 88 valence electrons. The van der Waals surface area contributed by atoms with Gasteiger partial charge in [0, 0.05) is 17.0 Å². The lowest BCUT2D eigenvalue weighted by atomic mass is 9.98. The van der Waals surface area contributed by atoms with Crippen LogP contribution in [0, 0.1) is 5.92 Å². The van der Waals surface area contributed by atoms with E-state index in [-0.39, 0.29) is 17.5 Å². The number of carbonyl (C=O) groups is 2. The van der Waals surface area contributed by atoms with Crippen molar-refractivity contribution < 1.29 is 12.4 Å². The molecule has 0 spiro atoms. The highest BCUT2D eigenvalue weighted by Crippen LogP contribution is 2.11. The summed E-state index contributed by atoms with van der Waals surface area (Å²) in [5, 5.41) is 0. The molecule has 16 heavy (non-hydrogen) atoms. The molecule has 0 aliphatic rings. The van der Waals surface area contributed by atoms with Crippen LogP contribution in [0.25, 0.3) is 0 Å². The highest BCUT2D eigenvalue weighted by molar-refractivity contribution is 14.1. The van der Waals surface area contributed by atoms with Crippen LogP contribution in [0.1, 0.15) is 41.5 Å². The van der Waals surface area contributed by atoms with Crippen LogP contribution in [0.15, 0.2) is 24.3 Å². The molecule has 0 atom stereocenters. The van der Waals surface area contributed by atoms with Gasteiger partial charge in [-0.25, -0.2) is 0 Å². The number of hydrogen-bond donors (Lipinski definition) is 0. The van der Waals surface area contributed by atoms with E-state index in [4.69, 9.17) is 0 Å². The van der Waals surface area contributed by atoms with E-state index in [9.17, 15) is 12.4 Å². The second-order valence-corrected chi connectivity index (χ2v) is 3.66. The summed E-state index contributed by atoms with van der Waals surface area (Å²) in [4.78, 5) is 22.7. The fraction of sp³-hybridized carbons (Fsp3) is 0.333. The van der Waals surface area contributed by atoms with Crippen LogP contribution < -0.4 is 0 Å². The van der Waals surface area contributed by atoms with Crippen molar-refractivity contribution in [1.29, 1.82) is 0 Å². The monoisotopic (exact) mass is 336 g/mol. The minimum absolute atomic E-state index is 0.0107. The van der Waals surface area contributed by atoms with Crippen LogP contribution in [0.4, 0.5) is 2.86 Å². The Labute approximate surface area is 109 Å². The van der Waals surface area contributed by atoms with Crippen molar-refractivity contribution in [2.24, 2.45) is 5.92 Å². The Morgan fingerprint density at radius 2 is 1.69 bits per heavy atom. The van der Waals surface area contributed by atoms with Gasteiger partial charge in [-0.1, -0.05) is 32.0 Å². The Morgan fingerprint density at radius 1 is 1.19 bits per heavy atom. The molecule has 0 radical (unpaired) electrons. The highest BCUT2D eigenvalue weighted by atomic mass is 127. The zero-order valence-corrected chi connectivity index (χ0v) is 11.6. The van der Waals surface area contributed by atoms with E-state index < -0.39 is 0 Å². The molecule has 0 aliphatic heterocycles. The third-order valence-electron chi connectivity index (χ3n) is 2.08. The second kappa shape index (κ2) is 7.49. The van der Waals surface area contributed by atoms with E-state index >= 15 is 0 Å². The van der Waals surface area contributed by atoms with Gasteiger partial charge < -0.3 is 0 Å². The molecule has 0 saturated heterocycles. The molecule has 0 N–H and O–H groups in total. The van der Waals surface area contributed by atoms with E-state index in [0.29, 0.717) is 34.3 Å². The second-order valence-electron chi connectivity index (χ2n) is 3.66. The van der Waals surface area contributed by atoms with Crippen molar-refractivity contribution >= 4 is 34.7 Å². The Morgan fingerprint density at radius 3 is 2.12 bits per heavy atom. The van der Waals surface area contributed by atoms with Gasteiger partial charge in [0.25, 0.3) is 0 Å². The molecule has 2 nitrogen and oxygen atoms in total. The normalized spacial score (nSPS) is 9.38. The highest BCUT2D eigenvalue weighted by Gasteiger charge is 2.11. The van der Waals surface area contributed by atoms with E-state index in [1.165, 1.54) is 6.92 Å². The quantitative estimate of drug-likeness (QED) is 0.617. The van der Waals surface area contributed by atoms with Crippen molar-refractivity contribution in [1.82, 2.24) is 0 Å². The minimum Gasteiger partial charge on any atom is -0.295 e. The summed E-state index contributed by atoms with van der Waals surface area (Å²) in [6, 6.07) is 6.87.